The van der Waals surface area contributed by atoms with Crippen molar-refractivity contribution < 1.29 is 4.74 Å². The van der Waals surface area contributed by atoms with Gasteiger partial charge in [-0.3, -0.25) is 9.67 Å². The first-order chi connectivity index (χ1) is 14.1. The number of aliphatic imine (C=N–C) groups is 1. The molecule has 0 saturated carbocycles. The van der Waals surface area contributed by atoms with E-state index in [4.69, 9.17) is 21.3 Å². The maximum absolute atomic E-state index is 6.16. The third-order valence-electron chi connectivity index (χ3n) is 5.17. The topological polar surface area (TPSA) is 70.5 Å². The van der Waals surface area contributed by atoms with Crippen LogP contribution in [0.3, 0.4) is 0 Å². The lowest BCUT2D eigenvalue weighted by Gasteiger charge is -2.34. The molecule has 1 atom stereocenters. The predicted molar refractivity (Wildman–Crippen MR) is 132 cm³/mol. The van der Waals surface area contributed by atoms with Gasteiger partial charge in [-0.05, 0) is 37.1 Å². The second kappa shape index (κ2) is 10.5. The Balaban J connectivity index is 0.00000256. The molecule has 4 rings (SSSR count). The molecule has 2 N–H and O–H groups in total. The third-order valence-corrected chi connectivity index (χ3v) is 5.40. The fraction of sp³-hybridized carbons (Fsp3) is 0.429. The van der Waals surface area contributed by atoms with Gasteiger partial charge >= 0.3 is 0 Å². The molecule has 0 aliphatic carbocycles. The summed E-state index contributed by atoms with van der Waals surface area (Å²) >= 11 is 6.16. The fourth-order valence-electron chi connectivity index (χ4n) is 3.72. The van der Waals surface area contributed by atoms with E-state index >= 15 is 0 Å². The van der Waals surface area contributed by atoms with Crippen LogP contribution in [0.2, 0.25) is 5.02 Å². The quantitative estimate of drug-likeness (QED) is 0.293. The molecular formula is C21H28ClIN6O. The summed E-state index contributed by atoms with van der Waals surface area (Å²) in [5, 5.41) is 9.62. The summed E-state index contributed by atoms with van der Waals surface area (Å²) in [7, 11) is 1.92. The average molecular weight is 543 g/mol. The number of halogens is 2. The normalized spacial score (nSPS) is 17.2. The molecule has 7 nitrogen and oxygen atoms in total. The van der Waals surface area contributed by atoms with Gasteiger partial charge in [0.2, 0.25) is 0 Å². The van der Waals surface area contributed by atoms with Crippen molar-refractivity contribution in [1.29, 1.82) is 0 Å². The minimum atomic E-state index is 0. The van der Waals surface area contributed by atoms with Crippen LogP contribution in [-0.2, 0) is 18.2 Å². The van der Waals surface area contributed by atoms with Gasteiger partial charge in [-0.1, -0.05) is 11.6 Å². The molecule has 2 aromatic heterocycles. The Labute approximate surface area is 198 Å². The van der Waals surface area contributed by atoms with Crippen LogP contribution < -0.4 is 5.32 Å². The summed E-state index contributed by atoms with van der Waals surface area (Å²) in [5.74, 6) is 0.933. The zero-order valence-corrected chi connectivity index (χ0v) is 20.4. The molecule has 9 heteroatoms. The SMILES string of the molecule is CCNC(=NCCc1c[nH]c2ccc(Cl)cc12)N1CCOC(c2cnn(C)c2)C1.I. The van der Waals surface area contributed by atoms with Crippen LogP contribution in [-0.4, -0.2) is 58.4 Å². The molecule has 1 unspecified atom stereocenters. The van der Waals surface area contributed by atoms with Crippen molar-refractivity contribution in [2.45, 2.75) is 19.4 Å². The second-order valence-electron chi connectivity index (χ2n) is 7.24. The Morgan fingerprint density at radius 2 is 2.30 bits per heavy atom. The highest BCUT2D eigenvalue weighted by Crippen LogP contribution is 2.23. The first kappa shape index (κ1) is 22.9. The Morgan fingerprint density at radius 3 is 3.07 bits per heavy atom. The number of hydrogen-bond donors (Lipinski definition) is 2. The maximum atomic E-state index is 6.16. The maximum Gasteiger partial charge on any atom is 0.194 e. The fourth-order valence-corrected chi connectivity index (χ4v) is 3.89. The summed E-state index contributed by atoms with van der Waals surface area (Å²) in [6, 6.07) is 5.93. The van der Waals surface area contributed by atoms with E-state index in [1.54, 1.807) is 0 Å². The smallest absolute Gasteiger partial charge is 0.194 e. The minimum absolute atomic E-state index is 0. The molecule has 1 aliphatic rings. The lowest BCUT2D eigenvalue weighted by molar-refractivity contribution is -0.00803. The van der Waals surface area contributed by atoms with Crippen molar-refractivity contribution in [3.05, 3.63) is 52.9 Å². The lowest BCUT2D eigenvalue weighted by atomic mass is 10.1. The highest BCUT2D eigenvalue weighted by molar-refractivity contribution is 14.0. The van der Waals surface area contributed by atoms with Gasteiger partial charge in [0, 0.05) is 60.6 Å². The highest BCUT2D eigenvalue weighted by Gasteiger charge is 2.25. The summed E-state index contributed by atoms with van der Waals surface area (Å²) in [6.45, 7) is 5.89. The van der Waals surface area contributed by atoms with Crippen LogP contribution in [0.4, 0.5) is 0 Å². The van der Waals surface area contributed by atoms with Crippen molar-refractivity contribution in [2.24, 2.45) is 12.0 Å². The van der Waals surface area contributed by atoms with Crippen molar-refractivity contribution in [1.82, 2.24) is 25.0 Å². The van der Waals surface area contributed by atoms with E-state index in [9.17, 15) is 0 Å². The molecule has 1 saturated heterocycles. The number of aromatic amines is 1. The monoisotopic (exact) mass is 542 g/mol. The molecule has 0 bridgehead atoms. The van der Waals surface area contributed by atoms with E-state index < -0.39 is 0 Å². The van der Waals surface area contributed by atoms with Crippen molar-refractivity contribution >= 4 is 52.4 Å². The van der Waals surface area contributed by atoms with Gasteiger partial charge in [0.05, 0.1) is 19.3 Å². The zero-order valence-electron chi connectivity index (χ0n) is 17.3. The van der Waals surface area contributed by atoms with Gasteiger partial charge in [0.1, 0.15) is 6.10 Å². The molecule has 3 heterocycles. The van der Waals surface area contributed by atoms with E-state index in [1.807, 2.05) is 42.3 Å². The molecule has 30 heavy (non-hydrogen) atoms. The summed E-state index contributed by atoms with van der Waals surface area (Å²) in [4.78, 5) is 10.5. The zero-order chi connectivity index (χ0) is 20.2. The van der Waals surface area contributed by atoms with E-state index in [0.717, 1.165) is 48.1 Å². The molecule has 0 radical (unpaired) electrons. The number of nitrogens with one attached hydrogen (secondary N) is 2. The largest absolute Gasteiger partial charge is 0.370 e. The van der Waals surface area contributed by atoms with Crippen molar-refractivity contribution in [3.63, 3.8) is 0 Å². The summed E-state index contributed by atoms with van der Waals surface area (Å²) in [5.41, 5.74) is 3.44. The van der Waals surface area contributed by atoms with Crippen LogP contribution in [0, 0.1) is 0 Å². The van der Waals surface area contributed by atoms with Gasteiger partial charge in [0.15, 0.2) is 5.96 Å². The van der Waals surface area contributed by atoms with Crippen LogP contribution in [0.5, 0.6) is 0 Å². The number of fused-ring (bicyclic) bond motifs is 1. The molecule has 3 aromatic rings. The first-order valence-corrected chi connectivity index (χ1v) is 10.4. The first-order valence-electron chi connectivity index (χ1n) is 10.0. The van der Waals surface area contributed by atoms with Crippen LogP contribution >= 0.6 is 35.6 Å². The molecule has 0 amide bonds. The number of nitrogens with zero attached hydrogens (tertiary/aromatic N) is 4. The van der Waals surface area contributed by atoms with Crippen LogP contribution in [0.25, 0.3) is 10.9 Å². The van der Waals surface area contributed by atoms with Crippen molar-refractivity contribution in [2.75, 3.05) is 32.8 Å². The number of ether oxygens (including phenoxy) is 1. The number of rotatable bonds is 5. The molecule has 1 fully saturated rings. The Hall–Kier alpha value is -1.78. The van der Waals surface area contributed by atoms with E-state index in [-0.39, 0.29) is 30.1 Å². The second-order valence-corrected chi connectivity index (χ2v) is 7.68. The van der Waals surface area contributed by atoms with E-state index in [0.29, 0.717) is 13.2 Å². The average Bonchev–Trinajstić information content (AvgIpc) is 3.33. The molecule has 1 aliphatic heterocycles. The van der Waals surface area contributed by atoms with Gasteiger partial charge < -0.3 is 19.9 Å². The van der Waals surface area contributed by atoms with Gasteiger partial charge in [-0.25, -0.2) is 0 Å². The Morgan fingerprint density at radius 1 is 1.43 bits per heavy atom. The Bertz CT molecular complexity index is 1000. The van der Waals surface area contributed by atoms with Gasteiger partial charge in [-0.15, -0.1) is 24.0 Å². The number of H-pyrrole nitrogens is 1. The molecule has 1 aromatic carbocycles. The standard InChI is InChI=1S/C21H27ClN6O.HI/c1-3-23-21(28-8-9-29-20(14-28)16-12-26-27(2)13-16)24-7-6-15-11-25-19-5-4-17(22)10-18(15)19;/h4-5,10-13,20,25H,3,6-9,14H2,1-2H3,(H,23,24);1H. The molecule has 162 valence electrons. The van der Waals surface area contributed by atoms with Crippen molar-refractivity contribution in [3.8, 4) is 0 Å². The van der Waals surface area contributed by atoms with Crippen LogP contribution in [0.1, 0.15) is 24.2 Å². The molecule has 0 spiro atoms. The molecular weight excluding hydrogens is 515 g/mol. The summed E-state index contributed by atoms with van der Waals surface area (Å²) < 4.78 is 7.77. The lowest BCUT2D eigenvalue weighted by Crippen LogP contribution is -2.48. The number of guanidine groups is 1. The number of benzene rings is 1. The van der Waals surface area contributed by atoms with Crippen LogP contribution in [0.15, 0.2) is 41.8 Å². The van der Waals surface area contributed by atoms with Gasteiger partial charge in [0.25, 0.3) is 0 Å². The third kappa shape index (κ3) is 5.28. The number of aryl methyl sites for hydroxylation is 1. The highest BCUT2D eigenvalue weighted by atomic mass is 127. The van der Waals surface area contributed by atoms with Gasteiger partial charge in [-0.2, -0.15) is 5.10 Å². The number of aromatic nitrogens is 3. The Kier molecular flexibility index (Phi) is 8.01. The van der Waals surface area contributed by atoms with E-state index in [2.05, 4.69) is 33.4 Å². The predicted octanol–water partition coefficient (Wildman–Crippen LogP) is 3.75. The minimum Gasteiger partial charge on any atom is -0.370 e. The number of morpholine rings is 1. The number of hydrogen-bond acceptors (Lipinski definition) is 3. The summed E-state index contributed by atoms with van der Waals surface area (Å²) in [6.07, 6.45) is 6.81. The van der Waals surface area contributed by atoms with E-state index in [1.165, 1.54) is 10.9 Å².